The molecule has 1 N–H and O–H groups in total. The van der Waals surface area contributed by atoms with Crippen molar-refractivity contribution >= 4 is 11.3 Å². The van der Waals surface area contributed by atoms with Crippen LogP contribution in [0.4, 0.5) is 0 Å². The van der Waals surface area contributed by atoms with Crippen LogP contribution in [-0.4, -0.2) is 12.0 Å². The maximum Gasteiger partial charge on any atom is 0.0959 e. The molecule has 2 nitrogen and oxygen atoms in total. The van der Waals surface area contributed by atoms with Crippen LogP contribution in [0.1, 0.15) is 56.3 Å². The normalized spacial score (nSPS) is 13.5. The van der Waals surface area contributed by atoms with Crippen LogP contribution in [0, 0.1) is 0 Å². The second-order valence-electron chi connectivity index (χ2n) is 3.63. The molecule has 0 bridgehead atoms. The number of aromatic nitrogens is 1. The summed E-state index contributed by atoms with van der Waals surface area (Å²) >= 11 is 1.80. The molecule has 0 aliphatic carbocycles. The largest absolute Gasteiger partial charge is 0.312 e. The van der Waals surface area contributed by atoms with E-state index in [1.54, 1.807) is 11.3 Å². The minimum atomic E-state index is 0.370. The lowest BCUT2D eigenvalue weighted by Gasteiger charge is -2.08. The lowest BCUT2D eigenvalue weighted by atomic mass is 10.1. The first-order valence-corrected chi connectivity index (χ1v) is 6.23. The Kier molecular flexibility index (Phi) is 4.55. The van der Waals surface area contributed by atoms with E-state index < -0.39 is 0 Å². The van der Waals surface area contributed by atoms with Gasteiger partial charge in [-0.05, 0) is 26.8 Å². The van der Waals surface area contributed by atoms with Crippen molar-refractivity contribution in [2.75, 3.05) is 7.05 Å². The van der Waals surface area contributed by atoms with Crippen molar-refractivity contribution in [1.82, 2.24) is 10.3 Å². The summed E-state index contributed by atoms with van der Waals surface area (Å²) in [7, 11) is 1.97. The number of thiazole rings is 1. The third kappa shape index (κ3) is 2.55. The van der Waals surface area contributed by atoms with E-state index in [0.29, 0.717) is 12.0 Å². The molecule has 1 heterocycles. The van der Waals surface area contributed by atoms with Crippen molar-refractivity contribution in [3.8, 4) is 0 Å². The molecular formula is C11H20N2S. The van der Waals surface area contributed by atoms with Crippen LogP contribution in [0.2, 0.25) is 0 Å². The molecule has 1 aromatic rings. The molecule has 1 aromatic heterocycles. The Morgan fingerprint density at radius 3 is 2.57 bits per heavy atom. The number of nitrogens with zero attached hydrogens (tertiary/aromatic N) is 1. The number of rotatable bonds is 5. The third-order valence-corrected chi connectivity index (χ3v) is 3.78. The van der Waals surface area contributed by atoms with Crippen LogP contribution in [0.5, 0.6) is 0 Å². The number of nitrogens with one attached hydrogen (secondary N) is 1. The fraction of sp³-hybridized carbons (Fsp3) is 0.727. The average Bonchev–Trinajstić information content (AvgIpc) is 2.68. The molecule has 1 unspecified atom stereocenters. The van der Waals surface area contributed by atoms with Gasteiger partial charge in [0.25, 0.3) is 0 Å². The molecule has 0 saturated heterocycles. The Bertz CT molecular complexity index is 266. The summed E-state index contributed by atoms with van der Waals surface area (Å²) in [6, 6.07) is 0.370. The van der Waals surface area contributed by atoms with E-state index in [1.807, 2.05) is 7.05 Å². The highest BCUT2D eigenvalue weighted by molar-refractivity contribution is 7.09. The predicted octanol–water partition coefficient (Wildman–Crippen LogP) is 3.33. The number of hydrogen-bond donors (Lipinski definition) is 1. The molecule has 0 saturated carbocycles. The molecule has 0 radical (unpaired) electrons. The molecule has 14 heavy (non-hydrogen) atoms. The molecule has 1 rings (SSSR count). The lowest BCUT2D eigenvalue weighted by molar-refractivity contribution is 0.609. The molecule has 0 fully saturated rings. The highest BCUT2D eigenvalue weighted by Gasteiger charge is 2.13. The van der Waals surface area contributed by atoms with Crippen molar-refractivity contribution in [3.05, 3.63) is 16.1 Å². The van der Waals surface area contributed by atoms with Crippen molar-refractivity contribution in [3.63, 3.8) is 0 Å². The number of hydrogen-bond acceptors (Lipinski definition) is 3. The van der Waals surface area contributed by atoms with E-state index >= 15 is 0 Å². The van der Waals surface area contributed by atoms with Crippen molar-refractivity contribution in [2.24, 2.45) is 0 Å². The zero-order chi connectivity index (χ0) is 10.6. The molecule has 80 valence electrons. The van der Waals surface area contributed by atoms with E-state index in [0.717, 1.165) is 0 Å². The van der Waals surface area contributed by atoms with Gasteiger partial charge in [0.2, 0.25) is 0 Å². The maximum absolute atomic E-state index is 4.68. The van der Waals surface area contributed by atoms with Crippen LogP contribution in [-0.2, 0) is 0 Å². The fourth-order valence-electron chi connectivity index (χ4n) is 1.47. The molecule has 1 atom stereocenters. The first kappa shape index (κ1) is 11.7. The Morgan fingerprint density at radius 2 is 2.07 bits per heavy atom. The minimum absolute atomic E-state index is 0.370. The zero-order valence-corrected chi connectivity index (χ0v) is 10.3. The van der Waals surface area contributed by atoms with Gasteiger partial charge < -0.3 is 5.32 Å². The Hall–Kier alpha value is -0.410. The molecular weight excluding hydrogens is 192 g/mol. The third-order valence-electron chi connectivity index (χ3n) is 2.75. The topological polar surface area (TPSA) is 24.9 Å². The minimum Gasteiger partial charge on any atom is -0.312 e. The Morgan fingerprint density at radius 1 is 1.43 bits per heavy atom. The molecule has 0 amide bonds. The molecule has 0 aliphatic heterocycles. The lowest BCUT2D eigenvalue weighted by Crippen LogP contribution is -2.12. The molecule has 0 spiro atoms. The highest BCUT2D eigenvalue weighted by Crippen LogP contribution is 2.27. The first-order valence-electron chi connectivity index (χ1n) is 5.35. The second kappa shape index (κ2) is 5.47. The smallest absolute Gasteiger partial charge is 0.0959 e. The van der Waals surface area contributed by atoms with Crippen LogP contribution in [0.15, 0.2) is 5.38 Å². The molecule has 0 aromatic carbocycles. The summed E-state index contributed by atoms with van der Waals surface area (Å²) in [6.07, 6.45) is 2.38. The van der Waals surface area contributed by atoms with Crippen LogP contribution in [0.3, 0.4) is 0 Å². The zero-order valence-electron chi connectivity index (χ0n) is 9.50. The molecule has 0 aliphatic rings. The van der Waals surface area contributed by atoms with Gasteiger partial charge in [0, 0.05) is 17.3 Å². The second-order valence-corrected chi connectivity index (χ2v) is 4.52. The first-order chi connectivity index (χ1) is 6.72. The van der Waals surface area contributed by atoms with Gasteiger partial charge in [-0.25, -0.2) is 4.98 Å². The fourth-order valence-corrected chi connectivity index (χ4v) is 2.66. The van der Waals surface area contributed by atoms with Gasteiger partial charge in [0.15, 0.2) is 0 Å². The van der Waals surface area contributed by atoms with E-state index in [-0.39, 0.29) is 0 Å². The van der Waals surface area contributed by atoms with Crippen molar-refractivity contribution in [2.45, 2.75) is 45.6 Å². The summed E-state index contributed by atoms with van der Waals surface area (Å²) in [5, 5.41) is 6.69. The van der Waals surface area contributed by atoms with E-state index in [4.69, 9.17) is 0 Å². The predicted molar refractivity (Wildman–Crippen MR) is 62.9 cm³/mol. The summed E-state index contributed by atoms with van der Waals surface area (Å²) in [6.45, 7) is 6.61. The SMILES string of the molecule is CCC(CC)c1nc(C(C)NC)cs1. The monoisotopic (exact) mass is 212 g/mol. The van der Waals surface area contributed by atoms with Gasteiger partial charge in [-0.1, -0.05) is 13.8 Å². The van der Waals surface area contributed by atoms with Gasteiger partial charge in [0.05, 0.1) is 10.7 Å². The maximum atomic E-state index is 4.68. The highest BCUT2D eigenvalue weighted by atomic mass is 32.1. The average molecular weight is 212 g/mol. The van der Waals surface area contributed by atoms with Crippen LogP contribution in [0.25, 0.3) is 0 Å². The molecule has 3 heteroatoms. The van der Waals surface area contributed by atoms with Gasteiger partial charge in [-0.3, -0.25) is 0 Å². The Balaban J connectivity index is 2.76. The van der Waals surface area contributed by atoms with Gasteiger partial charge in [-0.2, -0.15) is 0 Å². The van der Waals surface area contributed by atoms with Crippen LogP contribution < -0.4 is 5.32 Å². The van der Waals surface area contributed by atoms with E-state index in [1.165, 1.54) is 23.5 Å². The summed E-state index contributed by atoms with van der Waals surface area (Å²) in [5.41, 5.74) is 1.18. The van der Waals surface area contributed by atoms with Crippen LogP contribution >= 0.6 is 11.3 Å². The standard InChI is InChI=1S/C11H20N2S/c1-5-9(6-2)11-13-10(7-14-11)8(3)12-4/h7-9,12H,5-6H2,1-4H3. The Labute approximate surface area is 90.8 Å². The van der Waals surface area contributed by atoms with E-state index in [2.05, 4.69) is 36.5 Å². The summed E-state index contributed by atoms with van der Waals surface area (Å²) in [4.78, 5) is 4.68. The summed E-state index contributed by atoms with van der Waals surface area (Å²) < 4.78 is 0. The van der Waals surface area contributed by atoms with Gasteiger partial charge in [0.1, 0.15) is 0 Å². The quantitative estimate of drug-likeness (QED) is 0.810. The van der Waals surface area contributed by atoms with Gasteiger partial charge >= 0.3 is 0 Å². The van der Waals surface area contributed by atoms with Crippen molar-refractivity contribution in [1.29, 1.82) is 0 Å². The van der Waals surface area contributed by atoms with Crippen molar-refractivity contribution < 1.29 is 0 Å². The van der Waals surface area contributed by atoms with Gasteiger partial charge in [-0.15, -0.1) is 11.3 Å². The van der Waals surface area contributed by atoms with E-state index in [9.17, 15) is 0 Å². The summed E-state index contributed by atoms with van der Waals surface area (Å²) in [5.74, 6) is 0.651.